The third-order valence-electron chi connectivity index (χ3n) is 11.2. The Bertz CT molecular complexity index is 947. The maximum atomic E-state index is 12.7. The van der Waals surface area contributed by atoms with Crippen LogP contribution in [-0.2, 0) is 28.6 Å². The minimum absolute atomic E-state index is 0.0483. The second-order valence-electron chi connectivity index (χ2n) is 17.7. The predicted molar refractivity (Wildman–Crippen MR) is 239 cm³/mol. The van der Waals surface area contributed by atoms with E-state index >= 15 is 0 Å². The molecule has 0 aliphatic carbocycles. The minimum Gasteiger partial charge on any atom is -0.477 e. The van der Waals surface area contributed by atoms with E-state index in [1.54, 1.807) is 0 Å². The molecule has 0 aromatic carbocycles. The first-order valence-electron chi connectivity index (χ1n) is 24.2. The number of carbonyl (C=O) groups is 3. The number of likely N-dealkylation sites (N-methyl/N-ethyl adjacent to an activating group) is 1. The van der Waals surface area contributed by atoms with Gasteiger partial charge in [0.2, 0.25) is 0 Å². The van der Waals surface area contributed by atoms with Crippen molar-refractivity contribution < 1.29 is 38.2 Å². The molecule has 0 rings (SSSR count). The molecule has 0 saturated carbocycles. The van der Waals surface area contributed by atoms with Crippen LogP contribution in [0.15, 0.2) is 12.2 Å². The van der Waals surface area contributed by atoms with Gasteiger partial charge in [0, 0.05) is 19.3 Å². The molecule has 2 unspecified atom stereocenters. The van der Waals surface area contributed by atoms with E-state index in [1.165, 1.54) is 148 Å². The number of carboxylic acids is 1. The fraction of sp³-hybridized carbons (Fsp3) is 0.898. The van der Waals surface area contributed by atoms with Crippen molar-refractivity contribution in [3.8, 4) is 0 Å². The second kappa shape index (κ2) is 40.8. The highest BCUT2D eigenvalue weighted by molar-refractivity contribution is 5.72. The number of esters is 2. The van der Waals surface area contributed by atoms with Gasteiger partial charge in [0.1, 0.15) is 6.61 Å². The van der Waals surface area contributed by atoms with Gasteiger partial charge >= 0.3 is 17.9 Å². The Morgan fingerprint density at radius 3 is 1.32 bits per heavy atom. The van der Waals surface area contributed by atoms with Crippen LogP contribution in [0.25, 0.3) is 0 Å². The Balaban J connectivity index is 4.13. The molecule has 0 aliphatic heterocycles. The van der Waals surface area contributed by atoms with Crippen molar-refractivity contribution in [2.24, 2.45) is 0 Å². The first-order chi connectivity index (χ1) is 27.6. The third-order valence-corrected chi connectivity index (χ3v) is 11.2. The molecular weight excluding hydrogens is 715 g/mol. The number of unbranched alkanes of at least 4 members (excludes halogenated alkanes) is 28. The van der Waals surface area contributed by atoms with Gasteiger partial charge in [0.15, 0.2) is 12.1 Å². The molecule has 0 bridgehead atoms. The molecule has 8 heteroatoms. The highest BCUT2D eigenvalue weighted by atomic mass is 16.6. The summed E-state index contributed by atoms with van der Waals surface area (Å²) >= 11 is 0. The van der Waals surface area contributed by atoms with E-state index in [2.05, 4.69) is 26.0 Å². The molecule has 0 aliphatic rings. The fourth-order valence-electron chi connectivity index (χ4n) is 7.37. The molecule has 0 amide bonds. The Morgan fingerprint density at radius 1 is 0.509 bits per heavy atom. The van der Waals surface area contributed by atoms with Crippen LogP contribution in [-0.4, -0.2) is 80.6 Å². The molecule has 0 aromatic rings. The summed E-state index contributed by atoms with van der Waals surface area (Å²) in [7, 11) is 5.53. The maximum absolute atomic E-state index is 12.7. The van der Waals surface area contributed by atoms with Gasteiger partial charge in [-0.25, -0.2) is 4.79 Å². The molecule has 2 atom stereocenters. The van der Waals surface area contributed by atoms with Crippen LogP contribution in [0.1, 0.15) is 232 Å². The lowest BCUT2D eigenvalue weighted by Crippen LogP contribution is -2.50. The maximum Gasteiger partial charge on any atom is 0.362 e. The standard InChI is InChI=1S/C49H93NO7/c1-6-8-10-12-14-16-18-19-20-21-22-23-24-25-26-27-28-30-31-33-35-37-39-47(51)56-44-45(43-55-42-41-46(49(53)54)50(3,4)5)57-48(52)40-38-36-34-32-29-17-15-13-11-9-7-2/h13,15,45-46H,6-12,14,16-44H2,1-5H3/p+1/b15-13-. The number of ether oxygens (including phenoxy) is 3. The summed E-state index contributed by atoms with van der Waals surface area (Å²) in [6.07, 6.45) is 44.1. The van der Waals surface area contributed by atoms with Gasteiger partial charge in [-0.3, -0.25) is 9.59 Å². The average molecular weight is 809 g/mol. The van der Waals surface area contributed by atoms with Crippen LogP contribution >= 0.6 is 0 Å². The van der Waals surface area contributed by atoms with Crippen molar-refractivity contribution >= 4 is 17.9 Å². The van der Waals surface area contributed by atoms with Gasteiger partial charge in [-0.2, -0.15) is 0 Å². The van der Waals surface area contributed by atoms with Crippen molar-refractivity contribution in [2.45, 2.75) is 244 Å². The molecule has 8 nitrogen and oxygen atoms in total. The molecule has 57 heavy (non-hydrogen) atoms. The number of hydrogen-bond donors (Lipinski definition) is 1. The molecule has 0 fully saturated rings. The third kappa shape index (κ3) is 39.3. The summed E-state index contributed by atoms with van der Waals surface area (Å²) in [4.78, 5) is 37.0. The lowest BCUT2D eigenvalue weighted by molar-refractivity contribution is -0.887. The zero-order valence-corrected chi connectivity index (χ0v) is 38.3. The van der Waals surface area contributed by atoms with Crippen molar-refractivity contribution in [3.63, 3.8) is 0 Å². The van der Waals surface area contributed by atoms with Crippen LogP contribution in [0.3, 0.4) is 0 Å². The fourth-order valence-corrected chi connectivity index (χ4v) is 7.37. The zero-order valence-electron chi connectivity index (χ0n) is 38.3. The minimum atomic E-state index is -0.873. The largest absolute Gasteiger partial charge is 0.477 e. The Hall–Kier alpha value is -1.93. The van der Waals surface area contributed by atoms with Gasteiger partial charge in [-0.1, -0.05) is 193 Å². The highest BCUT2D eigenvalue weighted by Gasteiger charge is 2.31. The average Bonchev–Trinajstić information content (AvgIpc) is 3.17. The summed E-state index contributed by atoms with van der Waals surface area (Å²) in [6.45, 7) is 4.72. The monoisotopic (exact) mass is 809 g/mol. The van der Waals surface area contributed by atoms with E-state index in [4.69, 9.17) is 14.2 Å². The van der Waals surface area contributed by atoms with E-state index in [9.17, 15) is 19.5 Å². The molecule has 0 saturated heterocycles. The van der Waals surface area contributed by atoms with Crippen LogP contribution in [0.4, 0.5) is 0 Å². The lowest BCUT2D eigenvalue weighted by Gasteiger charge is -2.31. The normalized spacial score (nSPS) is 12.9. The summed E-state index contributed by atoms with van der Waals surface area (Å²) < 4.78 is 17.3. The number of carboxylic acid groups (broad SMARTS) is 1. The summed E-state index contributed by atoms with van der Waals surface area (Å²) in [5, 5.41) is 9.62. The molecule has 1 N–H and O–H groups in total. The van der Waals surface area contributed by atoms with Gasteiger partial charge in [-0.05, 0) is 32.1 Å². The first kappa shape index (κ1) is 55.1. The number of rotatable bonds is 44. The number of hydrogen-bond acceptors (Lipinski definition) is 6. The van der Waals surface area contributed by atoms with E-state index in [1.807, 2.05) is 21.1 Å². The highest BCUT2D eigenvalue weighted by Crippen LogP contribution is 2.16. The summed E-state index contributed by atoms with van der Waals surface area (Å²) in [5.41, 5.74) is 0. The topological polar surface area (TPSA) is 99.1 Å². The van der Waals surface area contributed by atoms with Crippen molar-refractivity contribution in [1.29, 1.82) is 0 Å². The van der Waals surface area contributed by atoms with Crippen LogP contribution in [0, 0.1) is 0 Å². The number of allylic oxidation sites excluding steroid dienone is 2. The zero-order chi connectivity index (χ0) is 42.1. The predicted octanol–water partition coefficient (Wildman–Crippen LogP) is 13.5. The van der Waals surface area contributed by atoms with E-state index in [0.29, 0.717) is 19.3 Å². The molecule has 0 radical (unpaired) electrons. The number of aliphatic carboxylic acids is 1. The summed E-state index contributed by atoms with van der Waals surface area (Å²) in [6, 6.07) is -0.611. The van der Waals surface area contributed by atoms with E-state index < -0.39 is 18.1 Å². The van der Waals surface area contributed by atoms with Crippen LogP contribution < -0.4 is 0 Å². The molecule has 336 valence electrons. The van der Waals surface area contributed by atoms with Gasteiger partial charge in [0.05, 0.1) is 34.4 Å². The quantitative estimate of drug-likeness (QED) is 0.0283. The summed E-state index contributed by atoms with van der Waals surface area (Å²) in [5.74, 6) is -1.46. The van der Waals surface area contributed by atoms with Crippen molar-refractivity contribution in [3.05, 3.63) is 12.2 Å². The Morgan fingerprint density at radius 2 is 0.895 bits per heavy atom. The number of nitrogens with zero attached hydrogens (tertiary/aromatic N) is 1. The number of carbonyl (C=O) groups excluding carboxylic acids is 2. The van der Waals surface area contributed by atoms with Crippen LogP contribution in [0.5, 0.6) is 0 Å². The Labute approximate surface area is 352 Å². The van der Waals surface area contributed by atoms with Gasteiger partial charge in [0.25, 0.3) is 0 Å². The molecule has 0 aromatic heterocycles. The molecule has 0 heterocycles. The smallest absolute Gasteiger partial charge is 0.362 e. The van der Waals surface area contributed by atoms with Crippen LogP contribution in [0.2, 0.25) is 0 Å². The number of quaternary nitrogens is 1. The lowest BCUT2D eigenvalue weighted by atomic mass is 10.0. The van der Waals surface area contributed by atoms with Gasteiger partial charge < -0.3 is 23.8 Å². The SMILES string of the molecule is CCCC/C=C\CCCCCCCC(=O)OC(COCCC(C(=O)O)[N+](C)(C)C)COC(=O)CCCCCCCCCCCCCCCCCCCCCCCC. The first-order valence-corrected chi connectivity index (χ1v) is 24.2. The van der Waals surface area contributed by atoms with Crippen molar-refractivity contribution in [1.82, 2.24) is 0 Å². The second-order valence-corrected chi connectivity index (χ2v) is 17.7. The van der Waals surface area contributed by atoms with Crippen molar-refractivity contribution in [2.75, 3.05) is 41.0 Å². The molecular formula is C49H94NO7+. The Kier molecular flexibility index (Phi) is 39.4. The molecule has 0 spiro atoms. The van der Waals surface area contributed by atoms with Gasteiger partial charge in [-0.15, -0.1) is 0 Å². The van der Waals surface area contributed by atoms with E-state index in [0.717, 1.165) is 51.4 Å². The van der Waals surface area contributed by atoms with E-state index in [-0.39, 0.29) is 36.2 Å².